The van der Waals surface area contributed by atoms with Crippen molar-refractivity contribution in [3.8, 4) is 11.5 Å². The summed E-state index contributed by atoms with van der Waals surface area (Å²) in [6.07, 6.45) is 0. The number of piperazine rings is 1. The number of anilines is 1. The van der Waals surface area contributed by atoms with Gasteiger partial charge in [0.2, 0.25) is 5.89 Å². The van der Waals surface area contributed by atoms with Gasteiger partial charge in [-0.3, -0.25) is 9.69 Å². The maximum absolute atomic E-state index is 12.8. The number of rotatable bonds is 6. The van der Waals surface area contributed by atoms with Crippen molar-refractivity contribution in [1.29, 1.82) is 0 Å². The Morgan fingerprint density at radius 1 is 1.06 bits per heavy atom. The van der Waals surface area contributed by atoms with Crippen LogP contribution in [-0.2, 0) is 6.54 Å². The molecule has 0 spiro atoms. The normalized spacial score (nSPS) is 14.2. The number of urea groups is 1. The minimum Gasteiger partial charge on any atom is -0.497 e. The van der Waals surface area contributed by atoms with E-state index in [2.05, 4.69) is 15.2 Å². The largest absolute Gasteiger partial charge is 0.497 e. The van der Waals surface area contributed by atoms with Crippen LogP contribution in [0.2, 0.25) is 0 Å². The third-order valence-corrected chi connectivity index (χ3v) is 5.75. The molecule has 0 radical (unpaired) electrons. The summed E-state index contributed by atoms with van der Waals surface area (Å²) < 4.78 is 16.4. The molecule has 2 heterocycles. The highest BCUT2D eigenvalue weighted by molar-refractivity contribution is 5.96. The van der Waals surface area contributed by atoms with Crippen LogP contribution < -0.4 is 14.8 Å². The molecule has 1 aromatic heterocycles. The average molecular weight is 468 g/mol. The monoisotopic (exact) mass is 467 g/mol. The van der Waals surface area contributed by atoms with Gasteiger partial charge in [-0.05, 0) is 30.3 Å². The van der Waals surface area contributed by atoms with E-state index >= 15 is 0 Å². The van der Waals surface area contributed by atoms with E-state index in [4.69, 9.17) is 13.9 Å². The Labute approximate surface area is 198 Å². The number of oxazole rings is 1. The number of carbonyl (C=O) groups is 2. The number of fused-ring (bicyclic) bond motifs is 1. The lowest BCUT2D eigenvalue weighted by atomic mass is 10.2. The topological polar surface area (TPSA) is 100 Å². The number of nitrogens with zero attached hydrogens (tertiary/aromatic N) is 4. The van der Waals surface area contributed by atoms with Gasteiger partial charge in [0.25, 0.3) is 5.91 Å². The first kappa shape index (κ1) is 23.4. The molecule has 0 aliphatic carbocycles. The minimum absolute atomic E-state index is 0.0758. The summed E-state index contributed by atoms with van der Waals surface area (Å²) in [5.74, 6) is 1.71. The lowest BCUT2D eigenvalue weighted by Gasteiger charge is -2.34. The lowest BCUT2D eigenvalue weighted by Crippen LogP contribution is -2.49. The molecular formula is C24H29N5O5. The lowest BCUT2D eigenvalue weighted by molar-refractivity contribution is 0.0827. The molecule has 10 nitrogen and oxygen atoms in total. The summed E-state index contributed by atoms with van der Waals surface area (Å²) in [6.45, 7) is 3.07. The van der Waals surface area contributed by atoms with E-state index < -0.39 is 0 Å². The van der Waals surface area contributed by atoms with E-state index in [0.717, 1.165) is 0 Å². The number of aromatic nitrogens is 1. The molecule has 0 bridgehead atoms. The Morgan fingerprint density at radius 2 is 1.82 bits per heavy atom. The molecule has 1 saturated heterocycles. The van der Waals surface area contributed by atoms with Crippen molar-refractivity contribution in [3.05, 3.63) is 47.9 Å². The number of hydrogen-bond donors (Lipinski definition) is 1. The summed E-state index contributed by atoms with van der Waals surface area (Å²) >= 11 is 0. The van der Waals surface area contributed by atoms with Gasteiger partial charge in [-0.25, -0.2) is 9.78 Å². The van der Waals surface area contributed by atoms with E-state index in [1.54, 1.807) is 69.6 Å². The highest BCUT2D eigenvalue weighted by atomic mass is 16.5. The van der Waals surface area contributed by atoms with Crippen molar-refractivity contribution < 1.29 is 23.5 Å². The quantitative estimate of drug-likeness (QED) is 0.595. The second-order valence-electron chi connectivity index (χ2n) is 8.25. The van der Waals surface area contributed by atoms with Gasteiger partial charge in [0.1, 0.15) is 17.0 Å². The standard InChI is InChI=1S/C24H29N5O5/c1-27(2)23(30)16-5-8-20-19(13-16)25-22(34-20)15-28-9-11-29(12-10-28)24(31)26-18-7-6-17(32-3)14-21(18)33-4/h5-8,13-14H,9-12,15H2,1-4H3,(H,26,31). The third kappa shape index (κ3) is 5.07. The van der Waals surface area contributed by atoms with Gasteiger partial charge >= 0.3 is 6.03 Å². The van der Waals surface area contributed by atoms with Crippen LogP contribution in [0, 0.1) is 0 Å². The predicted molar refractivity (Wildman–Crippen MR) is 127 cm³/mol. The highest BCUT2D eigenvalue weighted by Gasteiger charge is 2.23. The Bertz CT molecular complexity index is 1180. The third-order valence-electron chi connectivity index (χ3n) is 5.75. The van der Waals surface area contributed by atoms with Gasteiger partial charge in [-0.1, -0.05) is 0 Å². The van der Waals surface area contributed by atoms with Crippen molar-refractivity contribution in [3.63, 3.8) is 0 Å². The highest BCUT2D eigenvalue weighted by Crippen LogP contribution is 2.29. The fourth-order valence-corrected chi connectivity index (χ4v) is 3.83. The van der Waals surface area contributed by atoms with E-state index in [1.807, 2.05) is 0 Å². The molecule has 0 unspecified atom stereocenters. The number of amides is 3. The summed E-state index contributed by atoms with van der Waals surface area (Å²) in [4.78, 5) is 35.0. The van der Waals surface area contributed by atoms with Crippen LogP contribution in [0.15, 0.2) is 40.8 Å². The Morgan fingerprint density at radius 3 is 2.50 bits per heavy atom. The van der Waals surface area contributed by atoms with Gasteiger partial charge in [0, 0.05) is 51.9 Å². The van der Waals surface area contributed by atoms with E-state index in [0.29, 0.717) is 72.5 Å². The van der Waals surface area contributed by atoms with Crippen LogP contribution in [0.5, 0.6) is 11.5 Å². The number of hydrogen-bond acceptors (Lipinski definition) is 7. The van der Waals surface area contributed by atoms with Crippen LogP contribution in [0.3, 0.4) is 0 Å². The second kappa shape index (κ2) is 10.0. The predicted octanol–water partition coefficient (Wildman–Crippen LogP) is 2.90. The summed E-state index contributed by atoms with van der Waals surface area (Å²) in [7, 11) is 6.56. The molecule has 10 heteroatoms. The van der Waals surface area contributed by atoms with Crippen LogP contribution in [0.1, 0.15) is 16.2 Å². The minimum atomic E-state index is -0.178. The number of methoxy groups -OCH3 is 2. The Kier molecular flexibility index (Phi) is 6.87. The van der Waals surface area contributed by atoms with Crippen molar-refractivity contribution in [1.82, 2.24) is 19.7 Å². The van der Waals surface area contributed by atoms with Crippen LogP contribution in [0.25, 0.3) is 11.1 Å². The summed E-state index contributed by atoms with van der Waals surface area (Å²) in [6, 6.07) is 10.4. The maximum atomic E-state index is 12.8. The van der Waals surface area contributed by atoms with Crippen LogP contribution >= 0.6 is 0 Å². The molecule has 1 aliphatic heterocycles. The fraction of sp³-hybridized carbons (Fsp3) is 0.375. The fourth-order valence-electron chi connectivity index (χ4n) is 3.83. The summed E-state index contributed by atoms with van der Waals surface area (Å²) in [5, 5.41) is 2.91. The van der Waals surface area contributed by atoms with Crippen molar-refractivity contribution in [2.75, 3.05) is 59.8 Å². The maximum Gasteiger partial charge on any atom is 0.322 e. The van der Waals surface area contributed by atoms with Gasteiger partial charge in [-0.15, -0.1) is 0 Å². The number of nitrogens with one attached hydrogen (secondary N) is 1. The molecule has 180 valence electrons. The van der Waals surface area contributed by atoms with Crippen molar-refractivity contribution >= 4 is 28.7 Å². The number of benzene rings is 2. The van der Waals surface area contributed by atoms with Gasteiger partial charge < -0.3 is 29.0 Å². The zero-order valence-electron chi connectivity index (χ0n) is 19.8. The van der Waals surface area contributed by atoms with E-state index in [1.165, 1.54) is 4.90 Å². The van der Waals surface area contributed by atoms with Crippen LogP contribution in [0.4, 0.5) is 10.5 Å². The SMILES string of the molecule is COc1ccc(NC(=O)N2CCN(Cc3nc4cc(C(=O)N(C)C)ccc4o3)CC2)c(OC)c1. The average Bonchev–Trinajstić information content (AvgIpc) is 3.25. The Hall–Kier alpha value is -3.79. The molecule has 2 aromatic carbocycles. The first-order valence-electron chi connectivity index (χ1n) is 11.0. The first-order chi connectivity index (χ1) is 16.4. The van der Waals surface area contributed by atoms with Crippen LogP contribution in [-0.4, -0.2) is 86.1 Å². The molecule has 0 saturated carbocycles. The molecule has 3 amide bonds. The first-order valence-corrected chi connectivity index (χ1v) is 11.0. The zero-order valence-corrected chi connectivity index (χ0v) is 19.8. The van der Waals surface area contributed by atoms with Crippen molar-refractivity contribution in [2.24, 2.45) is 0 Å². The van der Waals surface area contributed by atoms with Gasteiger partial charge in [0.05, 0.1) is 26.5 Å². The molecule has 1 N–H and O–H groups in total. The summed E-state index contributed by atoms with van der Waals surface area (Å²) in [5.41, 5.74) is 2.48. The van der Waals surface area contributed by atoms with Gasteiger partial charge in [0.15, 0.2) is 5.58 Å². The van der Waals surface area contributed by atoms with E-state index in [9.17, 15) is 9.59 Å². The number of carbonyl (C=O) groups excluding carboxylic acids is 2. The van der Waals surface area contributed by atoms with Crippen molar-refractivity contribution in [2.45, 2.75) is 6.54 Å². The molecule has 34 heavy (non-hydrogen) atoms. The number of ether oxygens (including phenoxy) is 2. The van der Waals surface area contributed by atoms with Gasteiger partial charge in [-0.2, -0.15) is 0 Å². The smallest absolute Gasteiger partial charge is 0.322 e. The second-order valence-corrected chi connectivity index (χ2v) is 8.25. The molecule has 1 aliphatic rings. The molecule has 4 rings (SSSR count). The molecular weight excluding hydrogens is 438 g/mol. The van der Waals surface area contributed by atoms with E-state index in [-0.39, 0.29) is 11.9 Å². The Balaban J connectivity index is 1.33. The molecule has 1 fully saturated rings. The molecule has 3 aromatic rings. The zero-order chi connectivity index (χ0) is 24.2. The molecule has 0 atom stereocenters.